The molecule has 0 fully saturated rings. The van der Waals surface area contributed by atoms with E-state index in [2.05, 4.69) is 9.97 Å². The van der Waals surface area contributed by atoms with Gasteiger partial charge >= 0.3 is 0 Å². The maximum Gasteiger partial charge on any atom is 0.143 e. The summed E-state index contributed by atoms with van der Waals surface area (Å²) >= 11 is 0. The zero-order valence-electron chi connectivity index (χ0n) is 7.50. The molecule has 0 bridgehead atoms. The van der Waals surface area contributed by atoms with E-state index in [4.69, 9.17) is 0 Å². The number of nitrogens with zero attached hydrogens (tertiary/aromatic N) is 3. The Kier molecular flexibility index (Phi) is 1.40. The van der Waals surface area contributed by atoms with Gasteiger partial charge in [0, 0.05) is 18.6 Å². The van der Waals surface area contributed by atoms with Crippen LogP contribution in [0.5, 0.6) is 0 Å². The Labute approximate surface area is 71.1 Å². The summed E-state index contributed by atoms with van der Waals surface area (Å²) in [6, 6.07) is 2.05. The van der Waals surface area contributed by atoms with Crippen molar-refractivity contribution in [2.24, 2.45) is 7.05 Å². The van der Waals surface area contributed by atoms with Crippen molar-refractivity contribution >= 4 is 11.0 Å². The van der Waals surface area contributed by atoms with Crippen molar-refractivity contribution < 1.29 is 0 Å². The van der Waals surface area contributed by atoms with Crippen LogP contribution >= 0.6 is 0 Å². The van der Waals surface area contributed by atoms with E-state index < -0.39 is 0 Å². The van der Waals surface area contributed by atoms with Crippen molar-refractivity contribution in [1.29, 1.82) is 0 Å². The molecular formula is C9H11N3. The summed E-state index contributed by atoms with van der Waals surface area (Å²) in [5, 5.41) is 1.14. The SMILES string of the molecule is Cc1nc(C)c2ccn(C)c2n1. The molecule has 0 unspecified atom stereocenters. The van der Waals surface area contributed by atoms with E-state index >= 15 is 0 Å². The van der Waals surface area contributed by atoms with E-state index in [-0.39, 0.29) is 0 Å². The minimum Gasteiger partial charge on any atom is -0.335 e. The largest absolute Gasteiger partial charge is 0.335 e. The fourth-order valence-electron chi connectivity index (χ4n) is 1.42. The summed E-state index contributed by atoms with van der Waals surface area (Å²) in [4.78, 5) is 8.64. The van der Waals surface area contributed by atoms with Crippen molar-refractivity contribution in [3.63, 3.8) is 0 Å². The lowest BCUT2D eigenvalue weighted by molar-refractivity contribution is 0.927. The normalized spacial score (nSPS) is 10.9. The van der Waals surface area contributed by atoms with Gasteiger partial charge in [-0.2, -0.15) is 0 Å². The second-order valence-electron chi connectivity index (χ2n) is 3.02. The standard InChI is InChI=1S/C9H11N3/c1-6-8-4-5-12(3)9(8)11-7(2)10-6/h4-5H,1-3H3. The van der Waals surface area contributed by atoms with Crippen molar-refractivity contribution in [2.75, 3.05) is 0 Å². The van der Waals surface area contributed by atoms with E-state index in [1.165, 1.54) is 0 Å². The van der Waals surface area contributed by atoms with E-state index in [9.17, 15) is 0 Å². The number of aryl methyl sites for hydroxylation is 3. The molecule has 0 N–H and O–H groups in total. The summed E-state index contributed by atoms with van der Waals surface area (Å²) in [6.07, 6.45) is 2.01. The van der Waals surface area contributed by atoms with Gasteiger partial charge in [-0.25, -0.2) is 9.97 Å². The monoisotopic (exact) mass is 161 g/mol. The maximum atomic E-state index is 4.35. The number of hydrogen-bond acceptors (Lipinski definition) is 2. The van der Waals surface area contributed by atoms with Gasteiger partial charge in [-0.05, 0) is 19.9 Å². The highest BCUT2D eigenvalue weighted by Crippen LogP contribution is 2.14. The zero-order chi connectivity index (χ0) is 8.72. The maximum absolute atomic E-state index is 4.35. The first kappa shape index (κ1) is 7.28. The molecule has 0 saturated carbocycles. The fourth-order valence-corrected chi connectivity index (χ4v) is 1.42. The van der Waals surface area contributed by atoms with Crippen LogP contribution in [0.15, 0.2) is 12.3 Å². The van der Waals surface area contributed by atoms with Crippen LogP contribution < -0.4 is 0 Å². The molecule has 0 aliphatic heterocycles. The lowest BCUT2D eigenvalue weighted by Gasteiger charge is -1.99. The predicted molar refractivity (Wildman–Crippen MR) is 48.0 cm³/mol. The molecule has 2 heterocycles. The van der Waals surface area contributed by atoms with Crippen molar-refractivity contribution in [3.8, 4) is 0 Å². The second-order valence-corrected chi connectivity index (χ2v) is 3.02. The van der Waals surface area contributed by atoms with Gasteiger partial charge in [0.15, 0.2) is 0 Å². The van der Waals surface area contributed by atoms with Crippen molar-refractivity contribution in [2.45, 2.75) is 13.8 Å². The zero-order valence-corrected chi connectivity index (χ0v) is 7.50. The minimum atomic E-state index is 0.835. The average molecular weight is 161 g/mol. The highest BCUT2D eigenvalue weighted by molar-refractivity contribution is 5.78. The van der Waals surface area contributed by atoms with Crippen molar-refractivity contribution in [1.82, 2.24) is 14.5 Å². The third-order valence-corrected chi connectivity index (χ3v) is 2.03. The first-order valence-corrected chi connectivity index (χ1v) is 3.95. The van der Waals surface area contributed by atoms with Gasteiger partial charge in [-0.1, -0.05) is 0 Å². The summed E-state index contributed by atoms with van der Waals surface area (Å²) in [5.74, 6) is 0.835. The van der Waals surface area contributed by atoms with Crippen LogP contribution in [-0.2, 0) is 7.05 Å². The first-order valence-electron chi connectivity index (χ1n) is 3.95. The first-order chi connectivity index (χ1) is 5.68. The quantitative estimate of drug-likeness (QED) is 0.587. The van der Waals surface area contributed by atoms with Crippen LogP contribution in [0.3, 0.4) is 0 Å². The molecule has 2 aromatic rings. The third-order valence-electron chi connectivity index (χ3n) is 2.03. The minimum absolute atomic E-state index is 0.835. The molecule has 0 spiro atoms. The fraction of sp³-hybridized carbons (Fsp3) is 0.333. The molecule has 12 heavy (non-hydrogen) atoms. The van der Waals surface area contributed by atoms with Crippen LogP contribution in [0.4, 0.5) is 0 Å². The number of fused-ring (bicyclic) bond motifs is 1. The number of rotatable bonds is 0. The van der Waals surface area contributed by atoms with Crippen LogP contribution in [0.2, 0.25) is 0 Å². The molecule has 0 aliphatic carbocycles. The van der Waals surface area contributed by atoms with Crippen LogP contribution in [-0.4, -0.2) is 14.5 Å². The van der Waals surface area contributed by atoms with Gasteiger partial charge in [0.05, 0.1) is 5.69 Å². The number of aromatic nitrogens is 3. The smallest absolute Gasteiger partial charge is 0.143 e. The topological polar surface area (TPSA) is 30.7 Å². The Morgan fingerprint density at radius 1 is 1.25 bits per heavy atom. The van der Waals surface area contributed by atoms with E-state index in [0.29, 0.717) is 0 Å². The van der Waals surface area contributed by atoms with Crippen LogP contribution in [0.25, 0.3) is 11.0 Å². The molecule has 0 atom stereocenters. The molecule has 2 aromatic heterocycles. The summed E-state index contributed by atoms with van der Waals surface area (Å²) in [6.45, 7) is 3.93. The summed E-state index contributed by atoms with van der Waals surface area (Å²) in [5.41, 5.74) is 2.07. The van der Waals surface area contributed by atoms with Gasteiger partial charge in [0.25, 0.3) is 0 Å². The molecule has 3 heteroatoms. The van der Waals surface area contributed by atoms with E-state index in [0.717, 1.165) is 22.6 Å². The molecule has 0 aliphatic rings. The molecule has 2 rings (SSSR count). The highest BCUT2D eigenvalue weighted by atomic mass is 15.0. The molecule has 3 nitrogen and oxygen atoms in total. The van der Waals surface area contributed by atoms with Crippen molar-refractivity contribution in [3.05, 3.63) is 23.8 Å². The van der Waals surface area contributed by atoms with E-state index in [1.807, 2.05) is 37.7 Å². The second kappa shape index (κ2) is 2.30. The predicted octanol–water partition coefficient (Wildman–Crippen LogP) is 1.59. The molecule has 0 saturated heterocycles. The van der Waals surface area contributed by atoms with Gasteiger partial charge in [-0.3, -0.25) is 0 Å². The lowest BCUT2D eigenvalue weighted by Crippen LogP contribution is -1.95. The Bertz CT molecular complexity index is 429. The van der Waals surface area contributed by atoms with Gasteiger partial charge in [0.2, 0.25) is 0 Å². The average Bonchev–Trinajstić information content (AvgIpc) is 2.33. The van der Waals surface area contributed by atoms with Gasteiger partial charge in [0.1, 0.15) is 11.5 Å². The number of hydrogen-bond donors (Lipinski definition) is 0. The summed E-state index contributed by atoms with van der Waals surface area (Å²) < 4.78 is 2.01. The Hall–Kier alpha value is -1.38. The molecule has 0 amide bonds. The van der Waals surface area contributed by atoms with Crippen LogP contribution in [0.1, 0.15) is 11.5 Å². The lowest BCUT2D eigenvalue weighted by atomic mass is 10.3. The van der Waals surface area contributed by atoms with Crippen LogP contribution in [0, 0.1) is 13.8 Å². The third kappa shape index (κ3) is 0.897. The van der Waals surface area contributed by atoms with E-state index in [1.54, 1.807) is 0 Å². The Balaban J connectivity index is 2.92. The molecule has 62 valence electrons. The van der Waals surface area contributed by atoms with Gasteiger partial charge < -0.3 is 4.57 Å². The Morgan fingerprint density at radius 2 is 2.00 bits per heavy atom. The molecule has 0 aromatic carbocycles. The molecular weight excluding hydrogens is 150 g/mol. The molecule has 0 radical (unpaired) electrons. The Morgan fingerprint density at radius 3 is 2.75 bits per heavy atom. The summed E-state index contributed by atoms with van der Waals surface area (Å²) in [7, 11) is 1.99. The van der Waals surface area contributed by atoms with Gasteiger partial charge in [-0.15, -0.1) is 0 Å². The highest BCUT2D eigenvalue weighted by Gasteiger charge is 2.03.